The van der Waals surface area contributed by atoms with Gasteiger partial charge in [-0.25, -0.2) is 0 Å². The molecule has 0 spiro atoms. The molecule has 7 heteroatoms. The highest BCUT2D eigenvalue weighted by Gasteiger charge is 2.11. The molecule has 0 amide bonds. The van der Waals surface area contributed by atoms with Crippen LogP contribution < -0.4 is 9.92 Å². The summed E-state index contributed by atoms with van der Waals surface area (Å²) in [6.07, 6.45) is 0.192. The van der Waals surface area contributed by atoms with Crippen molar-refractivity contribution < 1.29 is 22.8 Å². The summed E-state index contributed by atoms with van der Waals surface area (Å²) in [6, 6.07) is 5.16. The Kier molecular flexibility index (Phi) is 4.41. The maximum Gasteiger partial charge on any atom is 0.357 e. The first-order valence-electron chi connectivity index (χ1n) is 4.35. The number of carboxylic acid groups (broad SMARTS) is 1. The summed E-state index contributed by atoms with van der Waals surface area (Å²) in [6.45, 7) is 0. The highest BCUT2D eigenvalue weighted by molar-refractivity contribution is 7.74. The molecule has 1 aromatic carbocycles. The molecule has 1 rings (SSSR count). The number of hydrogen-bond donors (Lipinski definition) is 3. The van der Waals surface area contributed by atoms with Crippen molar-refractivity contribution in [3.8, 4) is 5.75 Å². The van der Waals surface area contributed by atoms with Gasteiger partial charge in [0.2, 0.25) is 0 Å². The van der Waals surface area contributed by atoms with E-state index in [2.05, 4.69) is 4.18 Å². The van der Waals surface area contributed by atoms with Crippen LogP contribution in [0.2, 0.25) is 0 Å². The van der Waals surface area contributed by atoms with Crippen LogP contribution in [-0.4, -0.2) is 25.9 Å². The molecule has 0 aliphatic carbocycles. The first kappa shape index (κ1) is 12.6. The zero-order chi connectivity index (χ0) is 12.1. The highest BCUT2D eigenvalue weighted by atomic mass is 32.2. The Bertz CT molecular complexity index is 391. The predicted molar refractivity (Wildman–Crippen MR) is 57.2 cm³/mol. The molecule has 0 bridgehead atoms. The van der Waals surface area contributed by atoms with Gasteiger partial charge in [0.05, 0.1) is 0 Å². The van der Waals surface area contributed by atoms with E-state index in [1.807, 2.05) is 0 Å². The van der Waals surface area contributed by atoms with Gasteiger partial charge in [-0.1, -0.05) is 12.1 Å². The van der Waals surface area contributed by atoms with E-state index in [1.165, 1.54) is 12.1 Å². The number of nitrogens with two attached hydrogens (primary N) is 1. The quantitative estimate of drug-likeness (QED) is 0.637. The average Bonchev–Trinajstić information content (AvgIpc) is 2.20. The Hall–Kier alpha value is -1.44. The van der Waals surface area contributed by atoms with Crippen LogP contribution >= 0.6 is 0 Å². The molecule has 0 saturated heterocycles. The van der Waals surface area contributed by atoms with Crippen LogP contribution in [0.15, 0.2) is 24.3 Å². The number of benzene rings is 1. The van der Waals surface area contributed by atoms with Gasteiger partial charge in [-0.15, -0.1) is 0 Å². The van der Waals surface area contributed by atoms with Gasteiger partial charge in [0, 0.05) is 0 Å². The molecular weight excluding hydrogens is 234 g/mol. The Balaban J connectivity index is 2.64. The second-order valence-corrected chi connectivity index (χ2v) is 3.69. The molecular formula is C9H11NO5S. The van der Waals surface area contributed by atoms with Crippen LogP contribution in [0.1, 0.15) is 5.56 Å². The summed E-state index contributed by atoms with van der Waals surface area (Å²) in [4.78, 5) is 10.5. The molecule has 2 atom stereocenters. The maximum atomic E-state index is 10.5. The maximum absolute atomic E-state index is 10.5. The van der Waals surface area contributed by atoms with Crippen molar-refractivity contribution in [3.63, 3.8) is 0 Å². The average molecular weight is 245 g/mol. The lowest BCUT2D eigenvalue weighted by Gasteiger charge is -2.06. The largest absolute Gasteiger partial charge is 0.480 e. The Morgan fingerprint density at radius 3 is 2.44 bits per heavy atom. The number of carboxylic acids is 1. The molecule has 0 fully saturated rings. The molecule has 0 radical (unpaired) electrons. The van der Waals surface area contributed by atoms with Crippen molar-refractivity contribution >= 4 is 17.3 Å². The molecule has 1 aromatic rings. The van der Waals surface area contributed by atoms with Crippen molar-refractivity contribution in [2.45, 2.75) is 12.5 Å². The van der Waals surface area contributed by atoms with Gasteiger partial charge >= 0.3 is 17.3 Å². The van der Waals surface area contributed by atoms with Gasteiger partial charge < -0.3 is 15.0 Å². The van der Waals surface area contributed by atoms with E-state index in [0.717, 1.165) is 0 Å². The highest BCUT2D eigenvalue weighted by Crippen LogP contribution is 2.13. The van der Waals surface area contributed by atoms with E-state index in [-0.39, 0.29) is 12.2 Å². The fourth-order valence-electron chi connectivity index (χ4n) is 1.10. The van der Waals surface area contributed by atoms with Crippen LogP contribution in [0.25, 0.3) is 0 Å². The Labute approximate surface area is 94.5 Å². The molecule has 0 aliphatic rings. The van der Waals surface area contributed by atoms with Crippen LogP contribution in [0.3, 0.4) is 0 Å². The molecule has 16 heavy (non-hydrogen) atoms. The minimum absolute atomic E-state index is 0.192. The van der Waals surface area contributed by atoms with E-state index in [0.29, 0.717) is 5.56 Å². The van der Waals surface area contributed by atoms with Crippen LogP contribution in [0.4, 0.5) is 0 Å². The molecule has 0 aromatic heterocycles. The fourth-order valence-corrected chi connectivity index (χ4v) is 1.38. The molecule has 4 N–H and O–H groups in total. The molecule has 0 aliphatic heterocycles. The first-order valence-corrected chi connectivity index (χ1v) is 5.38. The summed E-state index contributed by atoms with van der Waals surface area (Å²) < 4.78 is 23.3. The van der Waals surface area contributed by atoms with Gasteiger partial charge in [0.1, 0.15) is 11.8 Å². The third kappa shape index (κ3) is 3.97. The van der Waals surface area contributed by atoms with Crippen LogP contribution in [0.5, 0.6) is 5.75 Å². The minimum atomic E-state index is -2.36. The lowest BCUT2D eigenvalue weighted by atomic mass is 10.1. The van der Waals surface area contributed by atoms with Gasteiger partial charge in [0.25, 0.3) is 0 Å². The second kappa shape index (κ2) is 5.59. The van der Waals surface area contributed by atoms with Gasteiger partial charge in [-0.3, -0.25) is 9.35 Å². The number of aliphatic carboxylic acids is 1. The van der Waals surface area contributed by atoms with E-state index in [4.69, 9.17) is 15.4 Å². The zero-order valence-electron chi connectivity index (χ0n) is 8.20. The van der Waals surface area contributed by atoms with Crippen molar-refractivity contribution in [2.75, 3.05) is 0 Å². The Morgan fingerprint density at radius 1 is 1.44 bits per heavy atom. The van der Waals surface area contributed by atoms with Crippen LogP contribution in [0, 0.1) is 0 Å². The predicted octanol–water partition coefficient (Wildman–Crippen LogP) is 0.156. The van der Waals surface area contributed by atoms with Gasteiger partial charge in [-0.2, -0.15) is 4.21 Å². The van der Waals surface area contributed by atoms with Crippen molar-refractivity contribution in [3.05, 3.63) is 29.8 Å². The summed E-state index contributed by atoms with van der Waals surface area (Å²) in [5.41, 5.74) is 6.06. The van der Waals surface area contributed by atoms with E-state index < -0.39 is 23.4 Å². The number of carbonyl (C=O) groups is 1. The lowest BCUT2D eigenvalue weighted by molar-refractivity contribution is -0.138. The smallest absolute Gasteiger partial charge is 0.357 e. The minimum Gasteiger partial charge on any atom is -0.480 e. The first-order chi connectivity index (χ1) is 7.49. The number of hydrogen-bond acceptors (Lipinski definition) is 4. The molecule has 6 nitrogen and oxygen atoms in total. The zero-order valence-corrected chi connectivity index (χ0v) is 9.02. The standard InChI is InChI=1S/C9H11NO5S/c10-8(9(11)12)5-6-1-3-7(4-2-6)15-16(13)14/h1-4,8H,5,10H2,(H,11,12)(H,13,14)/t8-/m0/s1. The molecule has 88 valence electrons. The monoisotopic (exact) mass is 245 g/mol. The second-order valence-electron chi connectivity index (χ2n) is 3.09. The topological polar surface area (TPSA) is 110 Å². The SMILES string of the molecule is N[C@@H](Cc1ccc(OS(=O)O)cc1)C(=O)O. The summed E-state index contributed by atoms with van der Waals surface area (Å²) in [7, 11) is 0. The van der Waals surface area contributed by atoms with E-state index in [9.17, 15) is 9.00 Å². The van der Waals surface area contributed by atoms with E-state index >= 15 is 0 Å². The molecule has 1 unspecified atom stereocenters. The van der Waals surface area contributed by atoms with Crippen molar-refractivity contribution in [2.24, 2.45) is 5.73 Å². The van der Waals surface area contributed by atoms with Crippen molar-refractivity contribution in [1.82, 2.24) is 0 Å². The van der Waals surface area contributed by atoms with Crippen LogP contribution in [-0.2, 0) is 22.6 Å². The third-order valence-electron chi connectivity index (χ3n) is 1.86. The normalized spacial score (nSPS) is 14.1. The third-order valence-corrected chi connectivity index (χ3v) is 2.20. The fraction of sp³-hybridized carbons (Fsp3) is 0.222. The summed E-state index contributed by atoms with van der Waals surface area (Å²) in [5.74, 6) is -0.842. The summed E-state index contributed by atoms with van der Waals surface area (Å²) >= 11 is -2.36. The van der Waals surface area contributed by atoms with Gasteiger partial charge in [-0.05, 0) is 24.1 Å². The number of rotatable bonds is 5. The Morgan fingerprint density at radius 2 is 2.00 bits per heavy atom. The van der Waals surface area contributed by atoms with E-state index in [1.54, 1.807) is 12.1 Å². The molecule has 0 saturated carbocycles. The lowest BCUT2D eigenvalue weighted by Crippen LogP contribution is -2.32. The molecule has 0 heterocycles. The summed E-state index contributed by atoms with van der Waals surface area (Å²) in [5, 5.41) is 8.59. The van der Waals surface area contributed by atoms with Crippen molar-refractivity contribution in [1.29, 1.82) is 0 Å². The van der Waals surface area contributed by atoms with Gasteiger partial charge in [0.15, 0.2) is 0 Å².